The highest BCUT2D eigenvalue weighted by molar-refractivity contribution is 5.90. The molecule has 1 aromatic rings. The van der Waals surface area contributed by atoms with E-state index in [2.05, 4.69) is 11.9 Å². The minimum atomic E-state index is -0.736. The number of esters is 1. The largest absolute Gasteiger partial charge is 0.467 e. The van der Waals surface area contributed by atoms with Crippen LogP contribution in [-0.2, 0) is 25.7 Å². The number of unbranched alkanes of at least 4 members (excludes halogenated alkanes) is 1. The Morgan fingerprint density at radius 1 is 1.32 bits per heavy atom. The van der Waals surface area contributed by atoms with Gasteiger partial charge in [0.2, 0.25) is 5.91 Å². The number of benzene rings is 1. The third-order valence-electron chi connectivity index (χ3n) is 4.70. The predicted molar refractivity (Wildman–Crippen MR) is 104 cm³/mol. The van der Waals surface area contributed by atoms with Crippen LogP contribution in [0.2, 0.25) is 0 Å². The number of nitrogens with one attached hydrogen (secondary N) is 1. The fraction of sp³-hybridized carbons (Fsp3) is 0.476. The fourth-order valence-corrected chi connectivity index (χ4v) is 3.19. The van der Waals surface area contributed by atoms with E-state index in [9.17, 15) is 14.4 Å². The van der Waals surface area contributed by atoms with Crippen LogP contribution in [0.1, 0.15) is 37.7 Å². The molecule has 0 spiro atoms. The smallest absolute Gasteiger partial charge is 0.410 e. The summed E-state index contributed by atoms with van der Waals surface area (Å²) in [5.74, 6) is -0.850. The molecule has 0 saturated carbocycles. The van der Waals surface area contributed by atoms with Crippen molar-refractivity contribution in [1.82, 2.24) is 10.2 Å². The van der Waals surface area contributed by atoms with Gasteiger partial charge in [0, 0.05) is 6.54 Å². The van der Waals surface area contributed by atoms with Crippen LogP contribution >= 0.6 is 0 Å². The molecular weight excluding hydrogens is 360 g/mol. The van der Waals surface area contributed by atoms with Gasteiger partial charge in [-0.15, -0.1) is 6.58 Å². The van der Waals surface area contributed by atoms with Crippen LogP contribution in [-0.4, -0.2) is 48.6 Å². The second kappa shape index (κ2) is 11.1. The lowest BCUT2D eigenvalue weighted by atomic mass is 10.1. The van der Waals surface area contributed by atoms with Gasteiger partial charge in [0.1, 0.15) is 18.7 Å². The molecule has 2 amide bonds. The van der Waals surface area contributed by atoms with Crippen molar-refractivity contribution in [3.8, 4) is 0 Å². The fourth-order valence-electron chi connectivity index (χ4n) is 3.19. The number of carbonyl (C=O) groups is 3. The molecule has 2 rings (SSSR count). The zero-order valence-corrected chi connectivity index (χ0v) is 16.3. The first-order valence-corrected chi connectivity index (χ1v) is 9.53. The van der Waals surface area contributed by atoms with Gasteiger partial charge in [-0.1, -0.05) is 36.4 Å². The maximum atomic E-state index is 12.7. The third kappa shape index (κ3) is 6.11. The van der Waals surface area contributed by atoms with Crippen LogP contribution in [0.4, 0.5) is 4.79 Å². The first-order chi connectivity index (χ1) is 13.6. The number of rotatable bonds is 9. The molecular formula is C21H28N2O5. The molecule has 1 aliphatic heterocycles. The Hall–Kier alpha value is -2.83. The van der Waals surface area contributed by atoms with Crippen LogP contribution in [0.15, 0.2) is 43.0 Å². The summed E-state index contributed by atoms with van der Waals surface area (Å²) in [5.41, 5.74) is 0.879. The number of allylic oxidation sites excluding steroid dienone is 1. The number of carbonyl (C=O) groups excluding carboxylic acids is 3. The second-order valence-corrected chi connectivity index (χ2v) is 6.70. The van der Waals surface area contributed by atoms with Crippen molar-refractivity contribution in [1.29, 1.82) is 0 Å². The maximum Gasteiger partial charge on any atom is 0.410 e. The van der Waals surface area contributed by atoms with Gasteiger partial charge < -0.3 is 14.8 Å². The van der Waals surface area contributed by atoms with Crippen molar-refractivity contribution in [2.24, 2.45) is 0 Å². The van der Waals surface area contributed by atoms with Crippen molar-refractivity contribution in [3.05, 3.63) is 48.6 Å². The van der Waals surface area contributed by atoms with Crippen molar-refractivity contribution in [2.75, 3.05) is 13.7 Å². The molecule has 7 heteroatoms. The number of ether oxygens (including phenoxy) is 2. The minimum Gasteiger partial charge on any atom is -0.467 e. The van der Waals surface area contributed by atoms with Gasteiger partial charge in [0.15, 0.2) is 0 Å². The summed E-state index contributed by atoms with van der Waals surface area (Å²) in [6.45, 7) is 4.25. The first kappa shape index (κ1) is 21.5. The molecule has 0 aliphatic carbocycles. The summed E-state index contributed by atoms with van der Waals surface area (Å²) < 4.78 is 10.1. The normalized spacial score (nSPS) is 16.9. The predicted octanol–water partition coefficient (Wildman–Crippen LogP) is 2.80. The van der Waals surface area contributed by atoms with E-state index >= 15 is 0 Å². The van der Waals surface area contributed by atoms with Crippen LogP contribution in [0.5, 0.6) is 0 Å². The molecule has 1 aromatic carbocycles. The lowest BCUT2D eigenvalue weighted by Crippen LogP contribution is -2.51. The van der Waals surface area contributed by atoms with E-state index < -0.39 is 24.1 Å². The molecule has 1 fully saturated rings. The Bertz CT molecular complexity index is 677. The second-order valence-electron chi connectivity index (χ2n) is 6.70. The van der Waals surface area contributed by atoms with Gasteiger partial charge in [-0.2, -0.15) is 0 Å². The highest BCUT2D eigenvalue weighted by Crippen LogP contribution is 2.19. The van der Waals surface area contributed by atoms with Crippen LogP contribution < -0.4 is 5.32 Å². The highest BCUT2D eigenvalue weighted by atomic mass is 16.6. The van der Waals surface area contributed by atoms with Crippen LogP contribution in [0.25, 0.3) is 0 Å². The van der Waals surface area contributed by atoms with Gasteiger partial charge >= 0.3 is 12.1 Å². The molecule has 7 nitrogen and oxygen atoms in total. The zero-order valence-electron chi connectivity index (χ0n) is 16.3. The van der Waals surface area contributed by atoms with E-state index in [0.29, 0.717) is 32.2 Å². The quantitative estimate of drug-likeness (QED) is 0.399. The summed E-state index contributed by atoms with van der Waals surface area (Å²) in [4.78, 5) is 38.5. The molecule has 1 aliphatic rings. The summed E-state index contributed by atoms with van der Waals surface area (Å²) in [7, 11) is 1.29. The Balaban J connectivity index is 1.93. The summed E-state index contributed by atoms with van der Waals surface area (Å²) in [5, 5.41) is 2.73. The monoisotopic (exact) mass is 388 g/mol. The van der Waals surface area contributed by atoms with Crippen LogP contribution in [0.3, 0.4) is 0 Å². The maximum absolute atomic E-state index is 12.7. The van der Waals surface area contributed by atoms with Crippen LogP contribution in [0, 0.1) is 0 Å². The molecule has 152 valence electrons. The van der Waals surface area contributed by atoms with E-state index in [1.54, 1.807) is 6.08 Å². The summed E-state index contributed by atoms with van der Waals surface area (Å²) in [6, 6.07) is 7.98. The van der Waals surface area contributed by atoms with Crippen molar-refractivity contribution in [2.45, 2.75) is 50.8 Å². The Kier molecular flexibility index (Phi) is 8.52. The van der Waals surface area contributed by atoms with Crippen molar-refractivity contribution < 1.29 is 23.9 Å². The number of hydrogen-bond acceptors (Lipinski definition) is 5. The number of methoxy groups -OCH3 is 1. The molecule has 1 saturated heterocycles. The lowest BCUT2D eigenvalue weighted by molar-refractivity contribution is -0.145. The standard InChI is InChI=1S/C21H28N2O5/c1-3-4-6-12-17(20(25)27-2)22-19(24)18-13-9-14-23(18)21(26)28-15-16-10-7-5-8-11-16/h3,5,7-8,10-11,17-18H,1,4,6,9,12-15H2,2H3,(H,22,24)/t17-,18-/m1/s1. The number of nitrogens with zero attached hydrogens (tertiary/aromatic N) is 1. The SMILES string of the molecule is C=CCCC[C@@H](NC(=O)[C@H]1CCCN1C(=O)OCc1ccccc1)C(=O)OC. The Morgan fingerprint density at radius 2 is 2.07 bits per heavy atom. The van der Waals surface area contributed by atoms with E-state index in [1.165, 1.54) is 12.0 Å². The van der Waals surface area contributed by atoms with E-state index in [0.717, 1.165) is 12.0 Å². The molecule has 28 heavy (non-hydrogen) atoms. The van der Waals surface area contributed by atoms with Gasteiger partial charge in [-0.25, -0.2) is 9.59 Å². The van der Waals surface area contributed by atoms with E-state index in [1.807, 2.05) is 30.3 Å². The first-order valence-electron chi connectivity index (χ1n) is 9.53. The average Bonchev–Trinajstić information content (AvgIpc) is 3.21. The van der Waals surface area contributed by atoms with Crippen molar-refractivity contribution >= 4 is 18.0 Å². The number of amides is 2. The van der Waals surface area contributed by atoms with E-state index in [4.69, 9.17) is 9.47 Å². The molecule has 1 N–H and O–H groups in total. The average molecular weight is 388 g/mol. The third-order valence-corrected chi connectivity index (χ3v) is 4.70. The molecule has 0 unspecified atom stereocenters. The van der Waals surface area contributed by atoms with E-state index in [-0.39, 0.29) is 12.5 Å². The van der Waals surface area contributed by atoms with Gasteiger partial charge in [0.25, 0.3) is 0 Å². The Morgan fingerprint density at radius 3 is 2.75 bits per heavy atom. The van der Waals surface area contributed by atoms with Gasteiger partial charge in [0.05, 0.1) is 7.11 Å². The lowest BCUT2D eigenvalue weighted by Gasteiger charge is -2.25. The minimum absolute atomic E-state index is 0.150. The Labute approximate surface area is 165 Å². The number of likely N-dealkylation sites (tertiary alicyclic amines) is 1. The highest BCUT2D eigenvalue weighted by Gasteiger charge is 2.36. The molecule has 1 heterocycles. The molecule has 2 atom stereocenters. The number of hydrogen-bond donors (Lipinski definition) is 1. The molecule has 0 radical (unpaired) electrons. The summed E-state index contributed by atoms with van der Waals surface area (Å²) >= 11 is 0. The zero-order chi connectivity index (χ0) is 20.4. The molecule has 0 aromatic heterocycles. The van der Waals surface area contributed by atoms with Crippen molar-refractivity contribution in [3.63, 3.8) is 0 Å². The van der Waals surface area contributed by atoms with Gasteiger partial charge in [-0.05, 0) is 37.7 Å². The van der Waals surface area contributed by atoms with Gasteiger partial charge in [-0.3, -0.25) is 9.69 Å². The summed E-state index contributed by atoms with van der Waals surface area (Å²) in [6.07, 6.45) is 4.38. The molecule has 0 bridgehead atoms. The topological polar surface area (TPSA) is 84.9 Å².